The first-order chi connectivity index (χ1) is 14.0. The van der Waals surface area contributed by atoms with Gasteiger partial charge in [-0.3, -0.25) is 4.90 Å². The van der Waals surface area contributed by atoms with Crippen LogP contribution in [0.4, 0.5) is 42.6 Å². The molecule has 1 aliphatic heterocycles. The van der Waals surface area contributed by atoms with Crippen LogP contribution in [0.3, 0.4) is 0 Å². The molecule has 1 saturated carbocycles. The number of hydrogen-bond donors (Lipinski definition) is 1. The summed E-state index contributed by atoms with van der Waals surface area (Å²) in [6.07, 6.45) is -7.77. The number of nitrogens with zero attached hydrogens (tertiary/aromatic N) is 3. The summed E-state index contributed by atoms with van der Waals surface area (Å²) < 4.78 is 78.0. The summed E-state index contributed by atoms with van der Waals surface area (Å²) in [5, 5.41) is 0. The van der Waals surface area contributed by atoms with Crippen LogP contribution in [0.15, 0.2) is 42.6 Å². The lowest BCUT2D eigenvalue weighted by Crippen LogP contribution is -2.42. The van der Waals surface area contributed by atoms with Crippen molar-refractivity contribution in [3.8, 4) is 0 Å². The summed E-state index contributed by atoms with van der Waals surface area (Å²) in [5.74, 6) is -0.470. The topological polar surface area (TPSA) is 62.5 Å². The highest BCUT2D eigenvalue weighted by Crippen LogP contribution is 2.52. The van der Waals surface area contributed by atoms with Gasteiger partial charge in [0.05, 0.1) is 11.1 Å². The van der Waals surface area contributed by atoms with Gasteiger partial charge in [-0.1, -0.05) is 0 Å². The monoisotopic (exact) mass is 430 g/mol. The largest absolute Gasteiger partial charge is 0.419 e. The van der Waals surface area contributed by atoms with E-state index in [1.807, 2.05) is 0 Å². The Morgan fingerprint density at radius 1 is 1.00 bits per heavy atom. The van der Waals surface area contributed by atoms with Crippen molar-refractivity contribution in [1.29, 1.82) is 0 Å². The van der Waals surface area contributed by atoms with Gasteiger partial charge in [-0.25, -0.2) is 9.78 Å². The van der Waals surface area contributed by atoms with E-state index in [9.17, 15) is 31.1 Å². The van der Waals surface area contributed by atoms with Crippen LogP contribution >= 0.6 is 0 Å². The number of fused-ring (bicyclic) bond motifs is 1. The van der Waals surface area contributed by atoms with E-state index in [4.69, 9.17) is 5.73 Å². The average Bonchev–Trinajstić information content (AvgIpc) is 3.11. The quantitative estimate of drug-likeness (QED) is 0.745. The minimum atomic E-state index is -4.55. The highest BCUT2D eigenvalue weighted by molar-refractivity contribution is 5.92. The second kappa shape index (κ2) is 6.78. The molecular formula is C19H16F6N4O. The van der Waals surface area contributed by atoms with Gasteiger partial charge in [-0.2, -0.15) is 26.3 Å². The number of primary amides is 1. The van der Waals surface area contributed by atoms with Crippen molar-refractivity contribution in [1.82, 2.24) is 4.98 Å². The molecule has 0 bridgehead atoms. The number of carbonyl (C=O) groups is 1. The number of halogens is 6. The van der Waals surface area contributed by atoms with Crippen molar-refractivity contribution in [2.24, 2.45) is 17.6 Å². The van der Waals surface area contributed by atoms with E-state index in [1.165, 1.54) is 34.2 Å². The van der Waals surface area contributed by atoms with Crippen LogP contribution in [0.25, 0.3) is 0 Å². The second-order valence-corrected chi connectivity index (χ2v) is 7.35. The Balaban J connectivity index is 1.52. The highest BCUT2D eigenvalue weighted by atomic mass is 19.4. The Bertz CT molecular complexity index is 947. The van der Waals surface area contributed by atoms with Crippen molar-refractivity contribution in [2.75, 3.05) is 22.9 Å². The number of pyridine rings is 1. The Labute approximate surface area is 167 Å². The molecule has 11 heteroatoms. The fourth-order valence-electron chi connectivity index (χ4n) is 4.18. The molecule has 1 aliphatic carbocycles. The predicted octanol–water partition coefficient (Wildman–Crippen LogP) is 4.14. The van der Waals surface area contributed by atoms with E-state index < -0.39 is 29.5 Å². The molecule has 0 radical (unpaired) electrons. The molecule has 5 nitrogen and oxygen atoms in total. The number of rotatable bonds is 3. The van der Waals surface area contributed by atoms with Gasteiger partial charge in [0, 0.05) is 42.9 Å². The fraction of sp³-hybridized carbons (Fsp3) is 0.368. The number of amides is 2. The number of alkyl halides is 6. The SMILES string of the molecule is NC(=O)N(c1ccc(C(F)(F)F)cc1)[C@H]1C2CN(c3ncccc3C(F)(F)F)C[C@@H]21. The van der Waals surface area contributed by atoms with Crippen molar-refractivity contribution >= 4 is 17.5 Å². The maximum Gasteiger partial charge on any atom is 0.419 e. The third-order valence-electron chi connectivity index (χ3n) is 5.55. The van der Waals surface area contributed by atoms with Gasteiger partial charge in [-0.15, -0.1) is 0 Å². The third-order valence-corrected chi connectivity index (χ3v) is 5.55. The van der Waals surface area contributed by atoms with Crippen molar-refractivity contribution < 1.29 is 31.1 Å². The molecular weight excluding hydrogens is 414 g/mol. The van der Waals surface area contributed by atoms with E-state index in [0.29, 0.717) is 0 Å². The lowest BCUT2D eigenvalue weighted by atomic mass is 10.1. The van der Waals surface area contributed by atoms with Gasteiger partial charge >= 0.3 is 18.4 Å². The number of urea groups is 1. The van der Waals surface area contributed by atoms with Gasteiger partial charge in [0.15, 0.2) is 0 Å². The minimum absolute atomic E-state index is 0.150. The first-order valence-electron chi connectivity index (χ1n) is 9.01. The zero-order valence-electron chi connectivity index (χ0n) is 15.3. The van der Waals surface area contributed by atoms with Gasteiger partial charge in [0.2, 0.25) is 0 Å². The Morgan fingerprint density at radius 2 is 1.60 bits per heavy atom. The molecule has 1 saturated heterocycles. The number of piperidine rings is 1. The molecule has 1 unspecified atom stereocenters. The number of anilines is 2. The predicted molar refractivity (Wildman–Crippen MR) is 95.7 cm³/mol. The first-order valence-corrected chi connectivity index (χ1v) is 9.01. The number of carbonyl (C=O) groups excluding carboxylic acids is 1. The highest BCUT2D eigenvalue weighted by Gasteiger charge is 2.60. The normalized spacial score (nSPS) is 23.3. The molecule has 2 aliphatic rings. The zero-order chi connectivity index (χ0) is 21.8. The van der Waals surface area contributed by atoms with Gasteiger partial charge in [0.1, 0.15) is 5.82 Å². The lowest BCUT2D eigenvalue weighted by Gasteiger charge is -2.28. The molecule has 2 heterocycles. The maximum atomic E-state index is 13.2. The van der Waals surface area contributed by atoms with Crippen molar-refractivity contribution in [3.05, 3.63) is 53.7 Å². The van der Waals surface area contributed by atoms with Crippen LogP contribution in [0.5, 0.6) is 0 Å². The summed E-state index contributed by atoms with van der Waals surface area (Å²) in [4.78, 5) is 18.6. The van der Waals surface area contributed by atoms with Crippen molar-refractivity contribution in [2.45, 2.75) is 18.4 Å². The van der Waals surface area contributed by atoms with Gasteiger partial charge < -0.3 is 10.6 Å². The number of benzene rings is 1. The molecule has 4 rings (SSSR count). The molecule has 0 spiro atoms. The Morgan fingerprint density at radius 3 is 2.10 bits per heavy atom. The number of nitrogens with two attached hydrogens (primary N) is 1. The Kier molecular flexibility index (Phi) is 4.59. The first kappa shape index (κ1) is 20.3. The van der Waals surface area contributed by atoms with Crippen molar-refractivity contribution in [3.63, 3.8) is 0 Å². The Hall–Kier alpha value is -2.98. The van der Waals surface area contributed by atoms with Crippen LogP contribution in [0.1, 0.15) is 11.1 Å². The summed E-state index contributed by atoms with van der Waals surface area (Å²) in [6, 6.07) is 5.02. The van der Waals surface area contributed by atoms with Gasteiger partial charge in [0.25, 0.3) is 0 Å². The standard InChI is InChI=1S/C19H16F6N4O/c20-18(21,22)10-3-5-11(6-4-10)29(17(26)30)15-12-8-28(9-13(12)15)16-14(19(23,24)25)2-1-7-27-16/h1-7,12-13,15H,8-9H2,(H2,26,30)/t12-,13?,15+/m0/s1. The lowest BCUT2D eigenvalue weighted by molar-refractivity contribution is -0.138. The van der Waals surface area contributed by atoms with Gasteiger partial charge in [-0.05, 0) is 36.4 Å². The summed E-state index contributed by atoms with van der Waals surface area (Å²) in [5.41, 5.74) is 3.98. The van der Waals surface area contributed by atoms with Crippen LogP contribution in [-0.2, 0) is 12.4 Å². The molecule has 160 valence electrons. The van der Waals surface area contributed by atoms with Crippen LogP contribution in [0.2, 0.25) is 0 Å². The molecule has 2 fully saturated rings. The zero-order valence-corrected chi connectivity index (χ0v) is 15.3. The van der Waals surface area contributed by atoms with Crippen LogP contribution in [0, 0.1) is 11.8 Å². The molecule has 2 aromatic rings. The van der Waals surface area contributed by atoms with E-state index in [1.54, 1.807) is 0 Å². The minimum Gasteiger partial charge on any atom is -0.355 e. The molecule has 3 atom stereocenters. The number of aromatic nitrogens is 1. The van der Waals surface area contributed by atoms with E-state index in [2.05, 4.69) is 4.98 Å². The molecule has 2 N–H and O–H groups in total. The maximum absolute atomic E-state index is 13.2. The molecule has 1 aromatic carbocycles. The molecule has 30 heavy (non-hydrogen) atoms. The average molecular weight is 430 g/mol. The smallest absolute Gasteiger partial charge is 0.355 e. The summed E-state index contributed by atoms with van der Waals surface area (Å²) in [6.45, 7) is 0.472. The van der Waals surface area contributed by atoms with E-state index in [-0.39, 0.29) is 42.5 Å². The molecule has 2 amide bonds. The van der Waals surface area contributed by atoms with E-state index in [0.717, 1.165) is 18.2 Å². The molecule has 1 aromatic heterocycles. The summed E-state index contributed by atoms with van der Waals surface area (Å²) >= 11 is 0. The van der Waals surface area contributed by atoms with Crippen LogP contribution in [-0.4, -0.2) is 30.1 Å². The summed E-state index contributed by atoms with van der Waals surface area (Å²) in [7, 11) is 0. The number of hydrogen-bond acceptors (Lipinski definition) is 3. The van der Waals surface area contributed by atoms with E-state index >= 15 is 0 Å². The fourth-order valence-corrected chi connectivity index (χ4v) is 4.18. The van der Waals surface area contributed by atoms with Crippen LogP contribution < -0.4 is 15.5 Å². The third kappa shape index (κ3) is 3.52. The second-order valence-electron chi connectivity index (χ2n) is 7.35.